The largest absolute Gasteiger partial charge is 0.476 e. The van der Waals surface area contributed by atoms with Crippen LogP contribution >= 0.6 is 11.6 Å². The Labute approximate surface area is 122 Å². The number of nitrogens with one attached hydrogen (secondary N) is 1. The summed E-state index contributed by atoms with van der Waals surface area (Å²) in [6.07, 6.45) is 2.14. The monoisotopic (exact) mass is 294 g/mol. The van der Waals surface area contributed by atoms with E-state index in [0.717, 1.165) is 19.5 Å². The number of benzene rings is 1. The summed E-state index contributed by atoms with van der Waals surface area (Å²) in [4.78, 5) is 3.79. The highest BCUT2D eigenvalue weighted by Crippen LogP contribution is 2.17. The molecule has 2 rings (SSSR count). The van der Waals surface area contributed by atoms with Crippen LogP contribution in [0.25, 0.3) is 0 Å². The normalized spacial score (nSPS) is 10.5. The first-order chi connectivity index (χ1) is 9.75. The lowest BCUT2D eigenvalue weighted by molar-refractivity contribution is 0.281. The summed E-state index contributed by atoms with van der Waals surface area (Å²) in [5, 5.41) is 3.56. The zero-order chi connectivity index (χ0) is 14.2. The van der Waals surface area contributed by atoms with Crippen LogP contribution in [-0.4, -0.2) is 18.1 Å². The van der Waals surface area contributed by atoms with Crippen molar-refractivity contribution < 1.29 is 9.13 Å². The second-order valence-electron chi connectivity index (χ2n) is 4.30. The SMILES string of the molecule is Fc1cc(Cl)cnc1OCCCNCc1ccccc1. The number of nitrogens with zero attached hydrogens (tertiary/aromatic N) is 1. The Morgan fingerprint density at radius 1 is 1.25 bits per heavy atom. The second kappa shape index (κ2) is 7.82. The van der Waals surface area contributed by atoms with Gasteiger partial charge in [0.25, 0.3) is 0 Å². The molecule has 0 aliphatic carbocycles. The van der Waals surface area contributed by atoms with Crippen LogP contribution < -0.4 is 10.1 Å². The van der Waals surface area contributed by atoms with Crippen LogP contribution in [0.1, 0.15) is 12.0 Å². The van der Waals surface area contributed by atoms with Crippen LogP contribution in [0.4, 0.5) is 4.39 Å². The van der Waals surface area contributed by atoms with E-state index in [9.17, 15) is 4.39 Å². The van der Waals surface area contributed by atoms with Crippen molar-refractivity contribution in [2.24, 2.45) is 0 Å². The second-order valence-corrected chi connectivity index (χ2v) is 4.74. The highest BCUT2D eigenvalue weighted by molar-refractivity contribution is 6.30. The molecule has 3 nitrogen and oxygen atoms in total. The number of halogens is 2. The molecule has 0 bridgehead atoms. The van der Waals surface area contributed by atoms with Gasteiger partial charge < -0.3 is 10.1 Å². The minimum Gasteiger partial charge on any atom is -0.476 e. The van der Waals surface area contributed by atoms with Crippen molar-refractivity contribution in [1.82, 2.24) is 10.3 Å². The van der Waals surface area contributed by atoms with E-state index in [2.05, 4.69) is 22.4 Å². The molecule has 1 aromatic heterocycles. The Kier molecular flexibility index (Phi) is 5.77. The van der Waals surface area contributed by atoms with E-state index in [1.165, 1.54) is 17.8 Å². The Morgan fingerprint density at radius 3 is 2.80 bits per heavy atom. The van der Waals surface area contributed by atoms with Gasteiger partial charge in [0.05, 0.1) is 11.6 Å². The Hall–Kier alpha value is -1.65. The molecule has 2 aromatic rings. The van der Waals surface area contributed by atoms with Gasteiger partial charge in [-0.3, -0.25) is 0 Å². The van der Waals surface area contributed by atoms with Crippen LogP contribution in [0.2, 0.25) is 5.02 Å². The average Bonchev–Trinajstić information content (AvgIpc) is 2.46. The van der Waals surface area contributed by atoms with E-state index in [0.29, 0.717) is 6.61 Å². The van der Waals surface area contributed by atoms with Crippen LogP contribution in [0.15, 0.2) is 42.6 Å². The molecule has 0 saturated carbocycles. The van der Waals surface area contributed by atoms with Gasteiger partial charge in [0.1, 0.15) is 0 Å². The lowest BCUT2D eigenvalue weighted by Gasteiger charge is -2.07. The third kappa shape index (κ3) is 4.79. The van der Waals surface area contributed by atoms with Crippen molar-refractivity contribution in [1.29, 1.82) is 0 Å². The van der Waals surface area contributed by atoms with Gasteiger partial charge in [0.2, 0.25) is 5.88 Å². The highest BCUT2D eigenvalue weighted by atomic mass is 35.5. The maximum absolute atomic E-state index is 13.4. The van der Waals surface area contributed by atoms with E-state index in [1.54, 1.807) is 0 Å². The van der Waals surface area contributed by atoms with Gasteiger partial charge in [-0.2, -0.15) is 0 Å². The first-order valence-electron chi connectivity index (χ1n) is 6.44. The smallest absolute Gasteiger partial charge is 0.250 e. The van der Waals surface area contributed by atoms with Gasteiger partial charge in [-0.05, 0) is 24.6 Å². The van der Waals surface area contributed by atoms with Crippen LogP contribution in [0, 0.1) is 5.82 Å². The predicted octanol–water partition coefficient (Wildman–Crippen LogP) is 3.43. The quantitative estimate of drug-likeness (QED) is 0.795. The van der Waals surface area contributed by atoms with Crippen molar-refractivity contribution >= 4 is 11.6 Å². The molecule has 0 aliphatic rings. The summed E-state index contributed by atoms with van der Waals surface area (Å²) in [6.45, 7) is 2.02. The summed E-state index contributed by atoms with van der Waals surface area (Å²) in [7, 11) is 0. The molecule has 20 heavy (non-hydrogen) atoms. The van der Waals surface area contributed by atoms with Crippen LogP contribution in [-0.2, 0) is 6.54 Å². The van der Waals surface area contributed by atoms with E-state index in [4.69, 9.17) is 16.3 Å². The number of hydrogen-bond donors (Lipinski definition) is 1. The molecule has 0 saturated heterocycles. The van der Waals surface area contributed by atoms with Crippen molar-refractivity contribution in [2.75, 3.05) is 13.2 Å². The maximum Gasteiger partial charge on any atom is 0.250 e. The molecule has 1 N–H and O–H groups in total. The zero-order valence-electron chi connectivity index (χ0n) is 11.0. The number of rotatable bonds is 7. The number of aromatic nitrogens is 1. The van der Waals surface area contributed by atoms with Crippen LogP contribution in [0.3, 0.4) is 0 Å². The predicted molar refractivity (Wildman–Crippen MR) is 77.5 cm³/mol. The molecule has 0 radical (unpaired) electrons. The summed E-state index contributed by atoms with van der Waals surface area (Å²) >= 11 is 5.61. The fourth-order valence-electron chi connectivity index (χ4n) is 1.70. The van der Waals surface area contributed by atoms with Crippen molar-refractivity contribution in [2.45, 2.75) is 13.0 Å². The average molecular weight is 295 g/mol. The fourth-order valence-corrected chi connectivity index (χ4v) is 1.85. The van der Waals surface area contributed by atoms with Crippen molar-refractivity contribution in [3.8, 4) is 5.88 Å². The van der Waals surface area contributed by atoms with Gasteiger partial charge >= 0.3 is 0 Å². The molecule has 0 fully saturated rings. The molecular weight excluding hydrogens is 279 g/mol. The number of ether oxygens (including phenoxy) is 1. The molecule has 1 aromatic carbocycles. The molecule has 0 amide bonds. The van der Waals surface area contributed by atoms with Crippen molar-refractivity contribution in [3.63, 3.8) is 0 Å². The zero-order valence-corrected chi connectivity index (χ0v) is 11.7. The molecule has 5 heteroatoms. The minimum atomic E-state index is -0.533. The number of pyridine rings is 1. The Morgan fingerprint density at radius 2 is 2.05 bits per heavy atom. The highest BCUT2D eigenvalue weighted by Gasteiger charge is 2.05. The van der Waals surface area contributed by atoms with E-state index in [1.807, 2.05) is 18.2 Å². The first-order valence-corrected chi connectivity index (χ1v) is 6.82. The van der Waals surface area contributed by atoms with Gasteiger partial charge in [-0.25, -0.2) is 9.37 Å². The fraction of sp³-hybridized carbons (Fsp3) is 0.267. The molecule has 0 spiro atoms. The Bertz CT molecular complexity index is 537. The van der Waals surface area contributed by atoms with Crippen molar-refractivity contribution in [3.05, 3.63) is 59.0 Å². The van der Waals surface area contributed by atoms with E-state index < -0.39 is 5.82 Å². The standard InChI is InChI=1S/C15H16ClFN2O/c16-13-9-14(17)15(19-11-13)20-8-4-7-18-10-12-5-2-1-3-6-12/h1-3,5-6,9,11,18H,4,7-8,10H2. The third-order valence-corrected chi connectivity index (χ3v) is 2.89. The van der Waals surface area contributed by atoms with Crippen LogP contribution in [0.5, 0.6) is 5.88 Å². The minimum absolute atomic E-state index is 0.00235. The summed E-state index contributed by atoms with van der Waals surface area (Å²) < 4.78 is 18.6. The molecule has 106 valence electrons. The molecular formula is C15H16ClFN2O. The molecule has 0 atom stereocenters. The summed E-state index contributed by atoms with van der Waals surface area (Å²) in [6, 6.07) is 11.3. The van der Waals surface area contributed by atoms with Gasteiger partial charge in [-0.1, -0.05) is 41.9 Å². The summed E-state index contributed by atoms with van der Waals surface area (Å²) in [5.74, 6) is -0.535. The number of hydrogen-bond acceptors (Lipinski definition) is 3. The van der Waals surface area contributed by atoms with E-state index in [-0.39, 0.29) is 10.9 Å². The Balaban J connectivity index is 1.62. The lowest BCUT2D eigenvalue weighted by atomic mass is 10.2. The maximum atomic E-state index is 13.4. The van der Waals surface area contributed by atoms with Gasteiger partial charge in [0, 0.05) is 12.7 Å². The van der Waals surface area contributed by atoms with E-state index >= 15 is 0 Å². The lowest BCUT2D eigenvalue weighted by Crippen LogP contribution is -2.17. The molecule has 0 aliphatic heterocycles. The topological polar surface area (TPSA) is 34.1 Å². The molecule has 1 heterocycles. The summed E-state index contributed by atoms with van der Waals surface area (Å²) in [5.41, 5.74) is 1.24. The third-order valence-electron chi connectivity index (χ3n) is 2.68. The van der Waals surface area contributed by atoms with Gasteiger partial charge in [-0.15, -0.1) is 0 Å². The van der Waals surface area contributed by atoms with Gasteiger partial charge in [0.15, 0.2) is 5.82 Å². The molecule has 0 unspecified atom stereocenters. The first kappa shape index (κ1) is 14.8.